The molecule has 0 aliphatic carbocycles. The second kappa shape index (κ2) is 8.31. The van der Waals surface area contributed by atoms with Crippen LogP contribution in [0.15, 0.2) is 58.5 Å². The summed E-state index contributed by atoms with van der Waals surface area (Å²) in [6.07, 6.45) is 2.74. The van der Waals surface area contributed by atoms with Crippen molar-refractivity contribution in [1.29, 1.82) is 0 Å². The summed E-state index contributed by atoms with van der Waals surface area (Å²) in [5, 5.41) is 4.83. The first-order valence-electron chi connectivity index (χ1n) is 9.05. The van der Waals surface area contributed by atoms with Crippen molar-refractivity contribution in [3.05, 3.63) is 70.3 Å². The highest BCUT2D eigenvalue weighted by molar-refractivity contribution is 7.09. The normalized spacial score (nSPS) is 12.9. The number of nitrogens with one attached hydrogen (secondary N) is 1. The van der Waals surface area contributed by atoms with Gasteiger partial charge in [0, 0.05) is 17.0 Å². The van der Waals surface area contributed by atoms with Crippen LogP contribution in [0.25, 0.3) is 0 Å². The first kappa shape index (κ1) is 18.3. The number of benzene rings is 1. The third-order valence-electron chi connectivity index (χ3n) is 4.54. The molecule has 2 amide bonds. The van der Waals surface area contributed by atoms with E-state index in [4.69, 9.17) is 9.15 Å². The van der Waals surface area contributed by atoms with E-state index in [1.54, 1.807) is 28.6 Å². The summed E-state index contributed by atoms with van der Waals surface area (Å²) >= 11 is 1.61. The SMILES string of the molecule is O=C1CCc2cc(OCC(=O)N(Cc3ccco3)Cc3cccs3)ccc2N1. The van der Waals surface area contributed by atoms with E-state index in [2.05, 4.69) is 5.32 Å². The van der Waals surface area contributed by atoms with Gasteiger partial charge in [0.1, 0.15) is 11.5 Å². The topological polar surface area (TPSA) is 71.8 Å². The van der Waals surface area contributed by atoms with Crippen molar-refractivity contribution < 1.29 is 18.7 Å². The Kier molecular flexibility index (Phi) is 5.43. The molecule has 2 aromatic heterocycles. The largest absolute Gasteiger partial charge is 0.484 e. The van der Waals surface area contributed by atoms with Crippen LogP contribution in [0.5, 0.6) is 5.75 Å². The molecular weight excluding hydrogens is 376 g/mol. The molecule has 1 aliphatic rings. The molecule has 0 spiro atoms. The summed E-state index contributed by atoms with van der Waals surface area (Å²) in [6.45, 7) is 0.845. The molecule has 3 aromatic rings. The molecule has 0 saturated carbocycles. The molecule has 4 rings (SSSR count). The van der Waals surface area contributed by atoms with Crippen molar-refractivity contribution in [1.82, 2.24) is 4.90 Å². The van der Waals surface area contributed by atoms with Crippen LogP contribution < -0.4 is 10.1 Å². The maximum Gasteiger partial charge on any atom is 0.261 e. The fourth-order valence-corrected chi connectivity index (χ4v) is 3.82. The maximum absolute atomic E-state index is 12.8. The zero-order valence-electron chi connectivity index (χ0n) is 15.2. The Bertz CT molecular complexity index is 915. The smallest absolute Gasteiger partial charge is 0.261 e. The van der Waals surface area contributed by atoms with E-state index in [-0.39, 0.29) is 18.4 Å². The lowest BCUT2D eigenvalue weighted by atomic mass is 10.0. The first-order valence-corrected chi connectivity index (χ1v) is 9.93. The van der Waals surface area contributed by atoms with Crippen molar-refractivity contribution >= 4 is 28.8 Å². The highest BCUT2D eigenvalue weighted by atomic mass is 32.1. The fourth-order valence-electron chi connectivity index (χ4n) is 3.10. The zero-order chi connectivity index (χ0) is 19.3. The molecule has 0 saturated heterocycles. The van der Waals surface area contributed by atoms with Crippen molar-refractivity contribution in [3.63, 3.8) is 0 Å². The summed E-state index contributed by atoms with van der Waals surface area (Å²) in [7, 11) is 0. The van der Waals surface area contributed by atoms with Crippen LogP contribution in [0.1, 0.15) is 22.6 Å². The minimum absolute atomic E-state index is 0.0264. The van der Waals surface area contributed by atoms with Gasteiger partial charge in [-0.25, -0.2) is 0 Å². The highest BCUT2D eigenvalue weighted by Gasteiger charge is 2.19. The predicted molar refractivity (Wildman–Crippen MR) is 106 cm³/mol. The standard InChI is InChI=1S/C21H20N2O4S/c24-20-8-5-15-11-16(6-7-19(15)22-20)27-14-21(25)23(12-17-3-1-9-26-17)13-18-4-2-10-28-18/h1-4,6-7,9-11H,5,8,12-14H2,(H,22,24). The number of carbonyl (C=O) groups excluding carboxylic acids is 2. The number of furan rings is 1. The van der Waals surface area contributed by atoms with E-state index in [1.807, 2.05) is 41.8 Å². The Balaban J connectivity index is 1.41. The number of anilines is 1. The number of aryl methyl sites for hydroxylation is 1. The van der Waals surface area contributed by atoms with Gasteiger partial charge in [0.15, 0.2) is 6.61 Å². The molecule has 1 aliphatic heterocycles. The molecule has 1 N–H and O–H groups in total. The molecule has 7 heteroatoms. The summed E-state index contributed by atoms with van der Waals surface area (Å²) in [5.74, 6) is 1.26. The van der Waals surface area contributed by atoms with Gasteiger partial charge in [-0.1, -0.05) is 6.07 Å². The number of nitrogens with zero attached hydrogens (tertiary/aromatic N) is 1. The van der Waals surface area contributed by atoms with Gasteiger partial charge in [-0.05, 0) is 53.8 Å². The van der Waals surface area contributed by atoms with E-state index in [0.717, 1.165) is 21.9 Å². The minimum Gasteiger partial charge on any atom is -0.484 e. The molecule has 1 aromatic carbocycles. The molecule has 28 heavy (non-hydrogen) atoms. The molecular formula is C21H20N2O4S. The molecule has 0 atom stereocenters. The second-order valence-corrected chi connectivity index (χ2v) is 7.60. The van der Waals surface area contributed by atoms with Gasteiger partial charge in [0.2, 0.25) is 5.91 Å². The number of rotatable bonds is 7. The second-order valence-electron chi connectivity index (χ2n) is 6.56. The number of carbonyl (C=O) groups is 2. The molecule has 144 valence electrons. The Morgan fingerprint density at radius 3 is 2.89 bits per heavy atom. The Morgan fingerprint density at radius 2 is 2.11 bits per heavy atom. The van der Waals surface area contributed by atoms with Crippen molar-refractivity contribution in [2.75, 3.05) is 11.9 Å². The lowest BCUT2D eigenvalue weighted by molar-refractivity contribution is -0.134. The average molecular weight is 396 g/mol. The van der Waals surface area contributed by atoms with Crippen LogP contribution in [0.4, 0.5) is 5.69 Å². The molecule has 0 radical (unpaired) electrons. The summed E-state index contributed by atoms with van der Waals surface area (Å²) in [6, 6.07) is 13.1. The van der Waals surface area contributed by atoms with Gasteiger partial charge < -0.3 is 19.4 Å². The quantitative estimate of drug-likeness (QED) is 0.659. The Morgan fingerprint density at radius 1 is 1.18 bits per heavy atom. The van der Waals surface area contributed by atoms with E-state index in [0.29, 0.717) is 31.7 Å². The lowest BCUT2D eigenvalue weighted by Gasteiger charge is -2.22. The van der Waals surface area contributed by atoms with Crippen LogP contribution in [0.2, 0.25) is 0 Å². The van der Waals surface area contributed by atoms with Gasteiger partial charge in [0.05, 0.1) is 19.4 Å². The van der Waals surface area contributed by atoms with Gasteiger partial charge in [0.25, 0.3) is 5.91 Å². The monoisotopic (exact) mass is 396 g/mol. The number of hydrogen-bond acceptors (Lipinski definition) is 5. The third kappa shape index (κ3) is 4.43. The molecule has 6 nitrogen and oxygen atoms in total. The highest BCUT2D eigenvalue weighted by Crippen LogP contribution is 2.27. The maximum atomic E-state index is 12.8. The van der Waals surface area contributed by atoms with Crippen LogP contribution in [-0.2, 0) is 29.1 Å². The molecule has 0 unspecified atom stereocenters. The lowest BCUT2D eigenvalue weighted by Crippen LogP contribution is -2.33. The summed E-state index contributed by atoms with van der Waals surface area (Å²) in [5.41, 5.74) is 1.84. The summed E-state index contributed by atoms with van der Waals surface area (Å²) in [4.78, 5) is 27.1. The number of amides is 2. The predicted octanol–water partition coefficient (Wildman–Crippen LogP) is 3.83. The number of ether oxygens (including phenoxy) is 1. The van der Waals surface area contributed by atoms with E-state index in [1.165, 1.54) is 0 Å². The Hall–Kier alpha value is -3.06. The van der Waals surface area contributed by atoms with Crippen molar-refractivity contribution in [2.45, 2.75) is 25.9 Å². The van der Waals surface area contributed by atoms with Gasteiger partial charge in [-0.15, -0.1) is 11.3 Å². The van der Waals surface area contributed by atoms with Gasteiger partial charge in [-0.2, -0.15) is 0 Å². The van der Waals surface area contributed by atoms with Crippen LogP contribution in [0, 0.1) is 0 Å². The van der Waals surface area contributed by atoms with Crippen LogP contribution in [0.3, 0.4) is 0 Å². The molecule has 0 bridgehead atoms. The number of hydrogen-bond donors (Lipinski definition) is 1. The minimum atomic E-state index is -0.115. The third-order valence-corrected chi connectivity index (χ3v) is 5.40. The van der Waals surface area contributed by atoms with Crippen LogP contribution >= 0.6 is 11.3 Å². The molecule has 3 heterocycles. The van der Waals surface area contributed by atoms with E-state index < -0.39 is 0 Å². The fraction of sp³-hybridized carbons (Fsp3) is 0.238. The van der Waals surface area contributed by atoms with Crippen molar-refractivity contribution in [2.24, 2.45) is 0 Å². The van der Waals surface area contributed by atoms with Crippen molar-refractivity contribution in [3.8, 4) is 5.75 Å². The van der Waals surface area contributed by atoms with E-state index >= 15 is 0 Å². The van der Waals surface area contributed by atoms with E-state index in [9.17, 15) is 9.59 Å². The number of thiophene rings is 1. The molecule has 0 fully saturated rings. The zero-order valence-corrected chi connectivity index (χ0v) is 16.0. The average Bonchev–Trinajstić information content (AvgIpc) is 3.40. The number of fused-ring (bicyclic) bond motifs is 1. The van der Waals surface area contributed by atoms with Crippen LogP contribution in [-0.4, -0.2) is 23.3 Å². The van der Waals surface area contributed by atoms with Gasteiger partial charge >= 0.3 is 0 Å². The first-order chi connectivity index (χ1) is 13.7. The van der Waals surface area contributed by atoms with Gasteiger partial charge in [-0.3, -0.25) is 9.59 Å². The summed E-state index contributed by atoms with van der Waals surface area (Å²) < 4.78 is 11.2. The Labute approximate surface area is 166 Å².